The van der Waals surface area contributed by atoms with Crippen molar-refractivity contribution >= 4 is 5.91 Å². The van der Waals surface area contributed by atoms with E-state index in [1.54, 1.807) is 7.11 Å². The third-order valence-corrected chi connectivity index (χ3v) is 3.53. The van der Waals surface area contributed by atoms with E-state index in [1.165, 1.54) is 12.8 Å². The minimum atomic E-state index is -0.163. The summed E-state index contributed by atoms with van der Waals surface area (Å²) >= 11 is 0. The number of methoxy groups -OCH3 is 1. The zero-order valence-corrected chi connectivity index (χ0v) is 11.5. The highest BCUT2D eigenvalue weighted by Gasteiger charge is 2.42. The number of nitrogens with two attached hydrogens (primary N) is 1. The van der Waals surface area contributed by atoms with E-state index < -0.39 is 0 Å². The van der Waals surface area contributed by atoms with Gasteiger partial charge in [-0.1, -0.05) is 0 Å². The maximum absolute atomic E-state index is 11.8. The number of hydrogen-bond acceptors (Lipinski definition) is 4. The van der Waals surface area contributed by atoms with Crippen LogP contribution in [0.3, 0.4) is 0 Å². The third-order valence-electron chi connectivity index (χ3n) is 3.53. The SMILES string of the molecule is CCOC(CN)CC(=O)NCC1(CCOC)CC1. The highest BCUT2D eigenvalue weighted by Crippen LogP contribution is 2.48. The summed E-state index contributed by atoms with van der Waals surface area (Å²) in [5.74, 6) is 0.0302. The first-order valence-corrected chi connectivity index (χ1v) is 6.73. The lowest BCUT2D eigenvalue weighted by Gasteiger charge is -2.18. The number of hydrogen-bond donors (Lipinski definition) is 2. The Bertz CT molecular complexity index is 255. The van der Waals surface area contributed by atoms with Gasteiger partial charge in [0, 0.05) is 33.4 Å². The van der Waals surface area contributed by atoms with E-state index in [2.05, 4.69) is 5.32 Å². The molecule has 1 aliphatic rings. The molecule has 0 spiro atoms. The highest BCUT2D eigenvalue weighted by atomic mass is 16.5. The fourth-order valence-electron chi connectivity index (χ4n) is 2.02. The zero-order chi connectivity index (χ0) is 13.4. The Kier molecular flexibility index (Phi) is 6.60. The zero-order valence-electron chi connectivity index (χ0n) is 11.5. The Morgan fingerprint density at radius 3 is 2.72 bits per heavy atom. The Morgan fingerprint density at radius 1 is 1.50 bits per heavy atom. The molecule has 0 aliphatic heterocycles. The second-order valence-corrected chi connectivity index (χ2v) is 5.04. The largest absolute Gasteiger partial charge is 0.385 e. The van der Waals surface area contributed by atoms with Gasteiger partial charge in [0.15, 0.2) is 0 Å². The highest BCUT2D eigenvalue weighted by molar-refractivity contribution is 5.76. The molecule has 0 radical (unpaired) electrons. The van der Waals surface area contributed by atoms with Crippen LogP contribution < -0.4 is 11.1 Å². The van der Waals surface area contributed by atoms with Gasteiger partial charge in [-0.2, -0.15) is 0 Å². The summed E-state index contributed by atoms with van der Waals surface area (Å²) in [6, 6.07) is 0. The van der Waals surface area contributed by atoms with Crippen LogP contribution in [0.15, 0.2) is 0 Å². The van der Waals surface area contributed by atoms with Crippen molar-refractivity contribution in [3.8, 4) is 0 Å². The van der Waals surface area contributed by atoms with Crippen LogP contribution in [0.5, 0.6) is 0 Å². The van der Waals surface area contributed by atoms with E-state index in [1.807, 2.05) is 6.92 Å². The van der Waals surface area contributed by atoms with E-state index in [0.29, 0.717) is 19.6 Å². The molecular weight excluding hydrogens is 232 g/mol. The van der Waals surface area contributed by atoms with Crippen molar-refractivity contribution in [3.63, 3.8) is 0 Å². The van der Waals surface area contributed by atoms with Gasteiger partial charge in [0.25, 0.3) is 0 Å². The van der Waals surface area contributed by atoms with Crippen LogP contribution in [0, 0.1) is 5.41 Å². The summed E-state index contributed by atoms with van der Waals surface area (Å²) in [4.78, 5) is 11.8. The number of carbonyl (C=O) groups excluding carboxylic acids is 1. The monoisotopic (exact) mass is 258 g/mol. The molecule has 18 heavy (non-hydrogen) atoms. The first-order valence-electron chi connectivity index (χ1n) is 6.73. The molecule has 106 valence electrons. The molecule has 5 heteroatoms. The Balaban J connectivity index is 2.20. The van der Waals surface area contributed by atoms with Gasteiger partial charge in [0.05, 0.1) is 12.5 Å². The van der Waals surface area contributed by atoms with Crippen molar-refractivity contribution in [1.82, 2.24) is 5.32 Å². The number of amides is 1. The van der Waals surface area contributed by atoms with Gasteiger partial charge in [-0.15, -0.1) is 0 Å². The molecule has 1 saturated carbocycles. The topological polar surface area (TPSA) is 73.6 Å². The fourth-order valence-corrected chi connectivity index (χ4v) is 2.02. The second kappa shape index (κ2) is 7.71. The maximum Gasteiger partial charge on any atom is 0.222 e. The summed E-state index contributed by atoms with van der Waals surface area (Å²) in [5, 5.41) is 2.99. The normalized spacial score (nSPS) is 18.4. The van der Waals surface area contributed by atoms with Crippen LogP contribution in [0.2, 0.25) is 0 Å². The van der Waals surface area contributed by atoms with Gasteiger partial charge in [0.1, 0.15) is 0 Å². The lowest BCUT2D eigenvalue weighted by Crippen LogP contribution is -2.36. The number of rotatable bonds is 10. The molecule has 1 amide bonds. The van der Waals surface area contributed by atoms with E-state index in [0.717, 1.165) is 19.6 Å². The second-order valence-electron chi connectivity index (χ2n) is 5.04. The smallest absolute Gasteiger partial charge is 0.222 e. The molecule has 1 unspecified atom stereocenters. The maximum atomic E-state index is 11.8. The minimum Gasteiger partial charge on any atom is -0.385 e. The standard InChI is InChI=1S/C13H26N2O3/c1-3-18-11(9-14)8-12(16)15-10-13(4-5-13)6-7-17-2/h11H,3-10,14H2,1-2H3,(H,15,16). The molecule has 0 aromatic carbocycles. The van der Waals surface area contributed by atoms with Gasteiger partial charge < -0.3 is 20.5 Å². The Morgan fingerprint density at radius 2 is 2.22 bits per heavy atom. The van der Waals surface area contributed by atoms with Crippen molar-refractivity contribution in [1.29, 1.82) is 0 Å². The van der Waals surface area contributed by atoms with Crippen LogP contribution in [0.25, 0.3) is 0 Å². The average molecular weight is 258 g/mol. The summed E-state index contributed by atoms with van der Waals surface area (Å²) < 4.78 is 10.5. The molecule has 1 atom stereocenters. The summed E-state index contributed by atoms with van der Waals surface area (Å²) in [6.07, 6.45) is 3.58. The van der Waals surface area contributed by atoms with E-state index in [4.69, 9.17) is 15.2 Å². The molecule has 3 N–H and O–H groups in total. The first-order chi connectivity index (χ1) is 8.65. The molecule has 0 bridgehead atoms. The molecule has 5 nitrogen and oxygen atoms in total. The van der Waals surface area contributed by atoms with Crippen LogP contribution in [0.4, 0.5) is 0 Å². The summed E-state index contributed by atoms with van der Waals surface area (Å²) in [7, 11) is 1.71. The Labute approximate surface area is 109 Å². The fraction of sp³-hybridized carbons (Fsp3) is 0.923. The lowest BCUT2D eigenvalue weighted by atomic mass is 10.0. The Hall–Kier alpha value is -0.650. The van der Waals surface area contributed by atoms with Crippen molar-refractivity contribution in [2.45, 2.75) is 38.7 Å². The number of nitrogens with one attached hydrogen (secondary N) is 1. The molecule has 0 aromatic rings. The quantitative estimate of drug-likeness (QED) is 0.604. The van der Waals surface area contributed by atoms with E-state index >= 15 is 0 Å². The predicted molar refractivity (Wildman–Crippen MR) is 70.3 cm³/mol. The van der Waals surface area contributed by atoms with E-state index in [-0.39, 0.29) is 17.4 Å². The van der Waals surface area contributed by atoms with Gasteiger partial charge in [-0.25, -0.2) is 0 Å². The molecule has 0 aromatic heterocycles. The molecule has 0 saturated heterocycles. The van der Waals surface area contributed by atoms with Crippen molar-refractivity contribution in [2.24, 2.45) is 11.1 Å². The predicted octanol–water partition coefficient (Wildman–Crippen LogP) is 0.673. The number of ether oxygens (including phenoxy) is 2. The third kappa shape index (κ3) is 5.33. The molecule has 0 heterocycles. The van der Waals surface area contributed by atoms with Crippen molar-refractivity contribution in [3.05, 3.63) is 0 Å². The molecule has 1 aliphatic carbocycles. The van der Waals surface area contributed by atoms with Crippen LogP contribution in [-0.4, -0.2) is 45.4 Å². The molecule has 1 rings (SSSR count). The van der Waals surface area contributed by atoms with Gasteiger partial charge in [-0.05, 0) is 31.6 Å². The average Bonchev–Trinajstić information content (AvgIpc) is 3.14. The van der Waals surface area contributed by atoms with Crippen molar-refractivity contribution in [2.75, 3.05) is 33.4 Å². The first kappa shape index (κ1) is 15.4. The van der Waals surface area contributed by atoms with Gasteiger partial charge in [0.2, 0.25) is 5.91 Å². The minimum absolute atomic E-state index is 0.0302. The number of carbonyl (C=O) groups is 1. The van der Waals surface area contributed by atoms with Gasteiger partial charge in [-0.3, -0.25) is 4.79 Å². The van der Waals surface area contributed by atoms with Crippen LogP contribution >= 0.6 is 0 Å². The molecular formula is C13H26N2O3. The van der Waals surface area contributed by atoms with Gasteiger partial charge >= 0.3 is 0 Å². The van der Waals surface area contributed by atoms with Crippen LogP contribution in [-0.2, 0) is 14.3 Å². The van der Waals surface area contributed by atoms with E-state index in [9.17, 15) is 4.79 Å². The summed E-state index contributed by atoms with van der Waals surface area (Å²) in [6.45, 7) is 4.40. The van der Waals surface area contributed by atoms with Crippen molar-refractivity contribution < 1.29 is 14.3 Å². The lowest BCUT2D eigenvalue weighted by molar-refractivity contribution is -0.124. The van der Waals surface area contributed by atoms with Crippen LogP contribution in [0.1, 0.15) is 32.6 Å². The molecule has 1 fully saturated rings. The summed E-state index contributed by atoms with van der Waals surface area (Å²) in [5.41, 5.74) is 5.83.